The van der Waals surface area contributed by atoms with Gasteiger partial charge in [0.1, 0.15) is 0 Å². The van der Waals surface area contributed by atoms with E-state index in [-0.39, 0.29) is 11.7 Å². The summed E-state index contributed by atoms with van der Waals surface area (Å²) in [6, 6.07) is 8.18. The zero-order valence-corrected chi connectivity index (χ0v) is 13.3. The topological polar surface area (TPSA) is 23.6 Å². The Morgan fingerprint density at radius 3 is 2.00 bits per heavy atom. The lowest BCUT2D eigenvalue weighted by molar-refractivity contribution is -0.119. The predicted molar refractivity (Wildman–Crippen MR) is 85.8 cm³/mol. The number of carbonyl (C=O) groups excluding carboxylic acids is 1. The van der Waals surface area contributed by atoms with Crippen molar-refractivity contribution >= 4 is 11.9 Å². The number of benzene rings is 1. The van der Waals surface area contributed by atoms with Crippen molar-refractivity contribution in [2.45, 2.75) is 6.92 Å². The molecule has 0 N–H and O–H groups in total. The molecule has 0 heterocycles. The molecule has 0 aromatic heterocycles. The second kappa shape index (κ2) is 7.98. The molecule has 1 aromatic carbocycles. The van der Waals surface area contributed by atoms with E-state index in [4.69, 9.17) is 0 Å². The van der Waals surface area contributed by atoms with Crippen molar-refractivity contribution < 1.29 is 4.79 Å². The summed E-state index contributed by atoms with van der Waals surface area (Å²) in [6.45, 7) is 3.60. The van der Waals surface area contributed by atoms with Crippen molar-refractivity contribution in [3.63, 3.8) is 0 Å². The van der Waals surface area contributed by atoms with Gasteiger partial charge in [0.05, 0.1) is 0 Å². The molecule has 0 saturated heterocycles. The van der Waals surface area contributed by atoms with E-state index in [1.165, 1.54) is 5.56 Å². The largest absolute Gasteiger partial charge is 0.309 e. The molecule has 0 amide bonds. The van der Waals surface area contributed by atoms with E-state index < -0.39 is 0 Å². The minimum absolute atomic E-state index is 0.0155. The van der Waals surface area contributed by atoms with Crippen LogP contribution in [0.5, 0.6) is 0 Å². The van der Waals surface area contributed by atoms with Gasteiger partial charge in [-0.3, -0.25) is 4.79 Å². The van der Waals surface area contributed by atoms with Crippen LogP contribution in [0.1, 0.15) is 11.1 Å². The Kier molecular flexibility index (Phi) is 6.62. The molecular formula is C17H26N2O. The summed E-state index contributed by atoms with van der Waals surface area (Å²) in [5.41, 5.74) is 2.30. The van der Waals surface area contributed by atoms with E-state index in [1.54, 1.807) is 6.08 Å². The molecule has 0 atom stereocenters. The fourth-order valence-electron chi connectivity index (χ4n) is 2.11. The summed E-state index contributed by atoms with van der Waals surface area (Å²) >= 11 is 0. The first-order chi connectivity index (χ1) is 9.38. The van der Waals surface area contributed by atoms with Gasteiger partial charge in [-0.2, -0.15) is 0 Å². The van der Waals surface area contributed by atoms with Gasteiger partial charge in [0.2, 0.25) is 0 Å². The molecule has 0 aliphatic rings. The third-order valence-electron chi connectivity index (χ3n) is 3.09. The molecule has 0 saturated carbocycles. The lowest BCUT2D eigenvalue weighted by Gasteiger charge is -2.22. The highest BCUT2D eigenvalue weighted by atomic mass is 16.1. The van der Waals surface area contributed by atoms with Crippen LogP contribution < -0.4 is 0 Å². The van der Waals surface area contributed by atoms with Gasteiger partial charge in [0.15, 0.2) is 5.78 Å². The standard InChI is InChI=1S/C17H26N2O/c1-14-6-8-15(9-7-14)10-11-17(20)16(12-18(2)3)13-19(4)5/h6-11,16H,12-13H2,1-5H3. The number of hydrogen-bond donors (Lipinski definition) is 0. The number of allylic oxidation sites excluding steroid dienone is 1. The van der Waals surface area contributed by atoms with Crippen LogP contribution in [0.4, 0.5) is 0 Å². The fourth-order valence-corrected chi connectivity index (χ4v) is 2.11. The molecule has 0 aliphatic carbocycles. The Balaban J connectivity index is 2.71. The van der Waals surface area contributed by atoms with Gasteiger partial charge in [0, 0.05) is 19.0 Å². The van der Waals surface area contributed by atoms with E-state index >= 15 is 0 Å². The van der Waals surface area contributed by atoms with Crippen LogP contribution in [0, 0.1) is 12.8 Å². The normalized spacial score (nSPS) is 12.0. The van der Waals surface area contributed by atoms with Gasteiger partial charge in [-0.15, -0.1) is 0 Å². The van der Waals surface area contributed by atoms with Gasteiger partial charge in [-0.1, -0.05) is 35.9 Å². The van der Waals surface area contributed by atoms with Crippen LogP contribution in [0.3, 0.4) is 0 Å². The fraction of sp³-hybridized carbons (Fsp3) is 0.471. The van der Waals surface area contributed by atoms with Crippen LogP contribution in [0.15, 0.2) is 30.3 Å². The number of hydrogen-bond acceptors (Lipinski definition) is 3. The summed E-state index contributed by atoms with van der Waals surface area (Å²) in [4.78, 5) is 16.4. The van der Waals surface area contributed by atoms with Crippen molar-refractivity contribution in [2.75, 3.05) is 41.3 Å². The van der Waals surface area contributed by atoms with Gasteiger partial charge in [-0.05, 0) is 46.8 Å². The second-order valence-electron chi connectivity index (χ2n) is 5.87. The smallest absolute Gasteiger partial charge is 0.161 e. The molecule has 3 nitrogen and oxygen atoms in total. The Labute approximate surface area is 122 Å². The first-order valence-corrected chi connectivity index (χ1v) is 6.96. The Bertz CT molecular complexity index is 437. The zero-order chi connectivity index (χ0) is 15.1. The second-order valence-corrected chi connectivity index (χ2v) is 5.87. The molecule has 1 rings (SSSR count). The highest BCUT2D eigenvalue weighted by Crippen LogP contribution is 2.08. The maximum absolute atomic E-state index is 12.3. The number of carbonyl (C=O) groups is 1. The molecule has 1 aromatic rings. The third-order valence-corrected chi connectivity index (χ3v) is 3.09. The highest BCUT2D eigenvalue weighted by molar-refractivity contribution is 5.95. The van der Waals surface area contributed by atoms with Crippen molar-refractivity contribution in [1.82, 2.24) is 9.80 Å². The van der Waals surface area contributed by atoms with Gasteiger partial charge < -0.3 is 9.80 Å². The minimum Gasteiger partial charge on any atom is -0.309 e. The van der Waals surface area contributed by atoms with E-state index in [9.17, 15) is 4.79 Å². The summed E-state index contributed by atoms with van der Waals surface area (Å²) < 4.78 is 0. The molecular weight excluding hydrogens is 248 g/mol. The van der Waals surface area contributed by atoms with E-state index in [1.807, 2.05) is 46.4 Å². The van der Waals surface area contributed by atoms with Crippen molar-refractivity contribution in [3.8, 4) is 0 Å². The van der Waals surface area contributed by atoms with Crippen molar-refractivity contribution in [2.24, 2.45) is 5.92 Å². The van der Waals surface area contributed by atoms with Crippen LogP contribution in [0.2, 0.25) is 0 Å². The SMILES string of the molecule is Cc1ccc(C=CC(=O)C(CN(C)C)CN(C)C)cc1. The van der Waals surface area contributed by atoms with Crippen LogP contribution >= 0.6 is 0 Å². The number of rotatable bonds is 7. The Morgan fingerprint density at radius 2 is 1.55 bits per heavy atom. The molecule has 0 spiro atoms. The van der Waals surface area contributed by atoms with Gasteiger partial charge in [-0.25, -0.2) is 0 Å². The Hall–Kier alpha value is -1.45. The monoisotopic (exact) mass is 274 g/mol. The molecule has 0 fully saturated rings. The average Bonchev–Trinajstić information content (AvgIpc) is 2.36. The molecule has 0 bridgehead atoms. The molecule has 3 heteroatoms. The third kappa shape index (κ3) is 6.13. The molecule has 0 aliphatic heterocycles. The van der Waals surface area contributed by atoms with Crippen LogP contribution in [0.25, 0.3) is 6.08 Å². The van der Waals surface area contributed by atoms with E-state index in [0.717, 1.165) is 18.7 Å². The summed E-state index contributed by atoms with van der Waals surface area (Å²) in [5.74, 6) is 0.203. The highest BCUT2D eigenvalue weighted by Gasteiger charge is 2.17. The Morgan fingerprint density at radius 1 is 1.05 bits per heavy atom. The lowest BCUT2D eigenvalue weighted by Crippen LogP contribution is -2.34. The maximum atomic E-state index is 12.3. The van der Waals surface area contributed by atoms with E-state index in [0.29, 0.717) is 0 Å². The maximum Gasteiger partial charge on any atom is 0.161 e. The summed E-state index contributed by atoms with van der Waals surface area (Å²) in [6.07, 6.45) is 3.61. The minimum atomic E-state index is 0.0155. The zero-order valence-electron chi connectivity index (χ0n) is 13.3. The van der Waals surface area contributed by atoms with Crippen LogP contribution in [-0.2, 0) is 4.79 Å². The molecule has 0 radical (unpaired) electrons. The average molecular weight is 274 g/mol. The number of nitrogens with zero attached hydrogens (tertiary/aromatic N) is 2. The first-order valence-electron chi connectivity index (χ1n) is 6.96. The number of aryl methyl sites for hydroxylation is 1. The summed E-state index contributed by atoms with van der Waals surface area (Å²) in [5, 5.41) is 0. The predicted octanol–water partition coefficient (Wildman–Crippen LogP) is 2.32. The lowest BCUT2D eigenvalue weighted by atomic mass is 10.0. The van der Waals surface area contributed by atoms with E-state index in [2.05, 4.69) is 28.9 Å². The van der Waals surface area contributed by atoms with Gasteiger partial charge in [0.25, 0.3) is 0 Å². The molecule has 110 valence electrons. The molecule has 20 heavy (non-hydrogen) atoms. The quantitative estimate of drug-likeness (QED) is 0.713. The summed E-state index contributed by atoms with van der Waals surface area (Å²) in [7, 11) is 8.00. The first kappa shape index (κ1) is 16.6. The number of ketones is 1. The van der Waals surface area contributed by atoms with Crippen molar-refractivity contribution in [3.05, 3.63) is 41.5 Å². The molecule has 0 unspecified atom stereocenters. The van der Waals surface area contributed by atoms with Gasteiger partial charge >= 0.3 is 0 Å². The van der Waals surface area contributed by atoms with Crippen molar-refractivity contribution in [1.29, 1.82) is 0 Å². The van der Waals surface area contributed by atoms with Crippen LogP contribution in [-0.4, -0.2) is 56.9 Å².